The van der Waals surface area contributed by atoms with Gasteiger partial charge in [-0.2, -0.15) is 5.10 Å². The van der Waals surface area contributed by atoms with Gasteiger partial charge in [0.15, 0.2) is 0 Å². The van der Waals surface area contributed by atoms with Gasteiger partial charge in [0.25, 0.3) is 0 Å². The van der Waals surface area contributed by atoms with Crippen molar-refractivity contribution in [1.82, 2.24) is 19.4 Å². The fraction of sp³-hybridized carbons (Fsp3) is 0.800. The molecular weight excluding hydrogens is 300 g/mol. The Morgan fingerprint density at radius 2 is 2.14 bits per heavy atom. The van der Waals surface area contributed by atoms with E-state index in [2.05, 4.69) is 25.5 Å². The summed E-state index contributed by atoms with van der Waals surface area (Å²) in [5.74, 6) is 0.138. The molecule has 7 heteroatoms. The summed E-state index contributed by atoms with van der Waals surface area (Å²) in [6.07, 6.45) is 7.91. The molecular formula is C15H26N4O2S. The molecule has 1 aliphatic carbocycles. The summed E-state index contributed by atoms with van der Waals surface area (Å²) in [5, 5.41) is 4.45. The van der Waals surface area contributed by atoms with Crippen LogP contribution < -0.4 is 4.72 Å². The number of nitrogens with zero attached hydrogens (tertiary/aromatic N) is 3. The minimum Gasteiger partial charge on any atom is -0.292 e. The molecule has 1 N–H and O–H groups in total. The van der Waals surface area contributed by atoms with Crippen LogP contribution in [0.3, 0.4) is 0 Å². The van der Waals surface area contributed by atoms with Crippen LogP contribution >= 0.6 is 0 Å². The van der Waals surface area contributed by atoms with Gasteiger partial charge in [-0.05, 0) is 32.3 Å². The van der Waals surface area contributed by atoms with E-state index in [1.807, 2.05) is 6.20 Å². The summed E-state index contributed by atoms with van der Waals surface area (Å²) < 4.78 is 27.9. The Hall–Kier alpha value is -0.920. The second-order valence-electron chi connectivity index (χ2n) is 6.38. The van der Waals surface area contributed by atoms with Gasteiger partial charge in [-0.15, -0.1) is 0 Å². The lowest BCUT2D eigenvalue weighted by molar-refractivity contribution is 0.120. The van der Waals surface area contributed by atoms with E-state index in [4.69, 9.17) is 0 Å². The van der Waals surface area contributed by atoms with Gasteiger partial charge in [0.05, 0.1) is 17.5 Å². The van der Waals surface area contributed by atoms with E-state index >= 15 is 0 Å². The SMILES string of the molecule is CCS(=O)(=O)NCCC1CN(C2CCCC2)Cc2ccnn21. The molecule has 0 radical (unpaired) electrons. The maximum atomic E-state index is 11.6. The minimum absolute atomic E-state index is 0.138. The van der Waals surface area contributed by atoms with Crippen molar-refractivity contribution in [3.05, 3.63) is 18.0 Å². The molecule has 1 fully saturated rings. The molecule has 1 aromatic rings. The summed E-state index contributed by atoms with van der Waals surface area (Å²) in [5.41, 5.74) is 1.25. The van der Waals surface area contributed by atoms with E-state index in [9.17, 15) is 8.42 Å². The van der Waals surface area contributed by atoms with Crippen LogP contribution in [0.1, 0.15) is 50.8 Å². The topological polar surface area (TPSA) is 67.2 Å². The van der Waals surface area contributed by atoms with Crippen LogP contribution in [0.4, 0.5) is 0 Å². The molecule has 0 bridgehead atoms. The highest BCUT2D eigenvalue weighted by molar-refractivity contribution is 7.89. The molecule has 6 nitrogen and oxygen atoms in total. The van der Waals surface area contributed by atoms with E-state index in [0.29, 0.717) is 12.6 Å². The van der Waals surface area contributed by atoms with Crippen molar-refractivity contribution < 1.29 is 8.42 Å². The Labute approximate surface area is 132 Å². The van der Waals surface area contributed by atoms with Crippen molar-refractivity contribution >= 4 is 10.0 Å². The third-order valence-corrected chi connectivity index (χ3v) is 6.33. The molecule has 1 unspecified atom stereocenters. The molecule has 0 amide bonds. The fourth-order valence-corrected chi connectivity index (χ4v) is 4.29. The summed E-state index contributed by atoms with van der Waals surface area (Å²) in [6, 6.07) is 3.04. The number of aromatic nitrogens is 2. The van der Waals surface area contributed by atoms with Gasteiger partial charge in [0, 0.05) is 31.9 Å². The van der Waals surface area contributed by atoms with Gasteiger partial charge in [-0.25, -0.2) is 13.1 Å². The zero-order valence-corrected chi connectivity index (χ0v) is 14.1. The molecule has 1 saturated carbocycles. The average Bonchev–Trinajstić information content (AvgIpc) is 3.18. The smallest absolute Gasteiger partial charge is 0.211 e. The van der Waals surface area contributed by atoms with Crippen LogP contribution in [0.25, 0.3) is 0 Å². The Morgan fingerprint density at radius 1 is 1.36 bits per heavy atom. The standard InChI is InChI=1S/C15H26N4O2S/c1-2-22(20,21)17-10-8-15-12-18(13-5-3-4-6-13)11-14-7-9-16-19(14)15/h7,9,13,15,17H,2-6,8,10-12H2,1H3. The lowest BCUT2D eigenvalue weighted by Gasteiger charge is -2.37. The van der Waals surface area contributed by atoms with Crippen molar-refractivity contribution in [1.29, 1.82) is 0 Å². The van der Waals surface area contributed by atoms with Crippen molar-refractivity contribution in [2.24, 2.45) is 0 Å². The molecule has 124 valence electrons. The number of sulfonamides is 1. The summed E-state index contributed by atoms with van der Waals surface area (Å²) in [4.78, 5) is 2.57. The van der Waals surface area contributed by atoms with E-state index in [1.54, 1.807) is 6.92 Å². The maximum Gasteiger partial charge on any atom is 0.211 e. The predicted molar refractivity (Wildman–Crippen MR) is 86.0 cm³/mol. The van der Waals surface area contributed by atoms with Gasteiger partial charge in [0.2, 0.25) is 10.0 Å². The summed E-state index contributed by atoms with van der Waals surface area (Å²) in [6.45, 7) is 4.10. The zero-order valence-electron chi connectivity index (χ0n) is 13.2. The van der Waals surface area contributed by atoms with Gasteiger partial charge >= 0.3 is 0 Å². The number of rotatable bonds is 6. The van der Waals surface area contributed by atoms with Crippen LogP contribution in [0.5, 0.6) is 0 Å². The third kappa shape index (κ3) is 3.52. The lowest BCUT2D eigenvalue weighted by atomic mass is 10.1. The van der Waals surface area contributed by atoms with Gasteiger partial charge in [0.1, 0.15) is 0 Å². The monoisotopic (exact) mass is 326 g/mol. The first-order valence-corrected chi connectivity index (χ1v) is 9.98. The lowest BCUT2D eigenvalue weighted by Crippen LogP contribution is -2.43. The average molecular weight is 326 g/mol. The van der Waals surface area contributed by atoms with Gasteiger partial charge < -0.3 is 0 Å². The van der Waals surface area contributed by atoms with Crippen molar-refractivity contribution in [2.75, 3.05) is 18.8 Å². The highest BCUT2D eigenvalue weighted by atomic mass is 32.2. The maximum absolute atomic E-state index is 11.6. The second-order valence-corrected chi connectivity index (χ2v) is 8.47. The first kappa shape index (κ1) is 16.0. The van der Waals surface area contributed by atoms with Crippen LogP contribution in [-0.2, 0) is 16.6 Å². The molecule has 22 heavy (non-hydrogen) atoms. The largest absolute Gasteiger partial charge is 0.292 e. The van der Waals surface area contributed by atoms with E-state index in [-0.39, 0.29) is 11.8 Å². The number of hydrogen-bond acceptors (Lipinski definition) is 4. The van der Waals surface area contributed by atoms with E-state index < -0.39 is 10.0 Å². The Morgan fingerprint density at radius 3 is 2.86 bits per heavy atom. The minimum atomic E-state index is -3.11. The fourth-order valence-electron chi connectivity index (χ4n) is 3.66. The first-order chi connectivity index (χ1) is 10.6. The molecule has 1 atom stereocenters. The van der Waals surface area contributed by atoms with Crippen molar-refractivity contribution in [3.8, 4) is 0 Å². The van der Waals surface area contributed by atoms with E-state index in [1.165, 1.54) is 31.4 Å². The molecule has 1 aromatic heterocycles. The summed E-state index contributed by atoms with van der Waals surface area (Å²) in [7, 11) is -3.11. The Kier molecular flexibility index (Phi) is 4.84. The van der Waals surface area contributed by atoms with Crippen LogP contribution in [0.15, 0.2) is 12.3 Å². The van der Waals surface area contributed by atoms with Gasteiger partial charge in [-0.3, -0.25) is 9.58 Å². The second kappa shape index (κ2) is 6.68. The van der Waals surface area contributed by atoms with Crippen LogP contribution in [-0.4, -0.2) is 48.0 Å². The third-order valence-electron chi connectivity index (χ3n) is 4.93. The molecule has 2 heterocycles. The van der Waals surface area contributed by atoms with Crippen molar-refractivity contribution in [3.63, 3.8) is 0 Å². The highest BCUT2D eigenvalue weighted by Crippen LogP contribution is 2.30. The number of nitrogens with one attached hydrogen (secondary N) is 1. The molecule has 0 saturated heterocycles. The normalized spacial score (nSPS) is 23.8. The van der Waals surface area contributed by atoms with Crippen molar-refractivity contribution in [2.45, 2.75) is 57.7 Å². The Bertz CT molecular complexity index is 592. The molecule has 1 aliphatic heterocycles. The molecule has 0 spiro atoms. The van der Waals surface area contributed by atoms with Gasteiger partial charge in [-0.1, -0.05) is 12.8 Å². The highest BCUT2D eigenvalue weighted by Gasteiger charge is 2.31. The zero-order chi connectivity index (χ0) is 15.6. The molecule has 2 aliphatic rings. The Balaban J connectivity index is 1.64. The first-order valence-electron chi connectivity index (χ1n) is 8.33. The summed E-state index contributed by atoms with van der Waals surface area (Å²) >= 11 is 0. The quantitative estimate of drug-likeness (QED) is 0.860. The van der Waals surface area contributed by atoms with E-state index in [0.717, 1.165) is 19.5 Å². The number of fused-ring (bicyclic) bond motifs is 1. The van der Waals surface area contributed by atoms with Crippen LogP contribution in [0, 0.1) is 0 Å². The van der Waals surface area contributed by atoms with Crippen LogP contribution in [0.2, 0.25) is 0 Å². The molecule has 0 aromatic carbocycles. The number of hydrogen-bond donors (Lipinski definition) is 1. The predicted octanol–water partition coefficient (Wildman–Crippen LogP) is 1.51. The molecule has 3 rings (SSSR count).